The van der Waals surface area contributed by atoms with Gasteiger partial charge in [-0.15, -0.1) is 10.2 Å². The highest BCUT2D eigenvalue weighted by Gasteiger charge is 2.22. The molecule has 1 aromatic heterocycles. The number of fused-ring (bicyclic) bond motifs is 1. The zero-order chi connectivity index (χ0) is 15.5. The van der Waals surface area contributed by atoms with Gasteiger partial charge in [0.1, 0.15) is 6.61 Å². The van der Waals surface area contributed by atoms with Crippen molar-refractivity contribution in [2.45, 2.75) is 6.10 Å². The summed E-state index contributed by atoms with van der Waals surface area (Å²) in [6.07, 6.45) is -0.113. The average molecular weight is 300 g/mol. The molecule has 2 aromatic rings. The molecule has 1 aliphatic heterocycles. The number of para-hydroxylation sites is 2. The first-order chi connectivity index (χ1) is 10.6. The molecule has 1 aliphatic rings. The van der Waals surface area contributed by atoms with Gasteiger partial charge >= 0.3 is 0 Å². The zero-order valence-electron chi connectivity index (χ0n) is 12.1. The number of benzene rings is 1. The molecule has 22 heavy (non-hydrogen) atoms. The van der Waals surface area contributed by atoms with Gasteiger partial charge in [0.15, 0.2) is 29.1 Å². The number of aromatic nitrogens is 2. The molecule has 0 spiro atoms. The highest BCUT2D eigenvalue weighted by Crippen LogP contribution is 2.31. The number of carbonyl (C=O) groups is 1. The summed E-state index contributed by atoms with van der Waals surface area (Å²) in [4.78, 5) is 12.9. The van der Waals surface area contributed by atoms with Gasteiger partial charge < -0.3 is 20.1 Å². The van der Waals surface area contributed by atoms with Crippen molar-refractivity contribution in [1.82, 2.24) is 10.2 Å². The second-order valence-corrected chi connectivity index (χ2v) is 5.02. The Morgan fingerprint density at radius 1 is 1.27 bits per heavy atom. The number of amides is 1. The van der Waals surface area contributed by atoms with E-state index in [1.165, 1.54) is 0 Å². The van der Waals surface area contributed by atoms with E-state index in [0.29, 0.717) is 19.0 Å². The third kappa shape index (κ3) is 2.93. The molecule has 0 aliphatic carbocycles. The van der Waals surface area contributed by atoms with E-state index in [1.54, 1.807) is 12.1 Å². The molecule has 7 heteroatoms. The molecular weight excluding hydrogens is 284 g/mol. The number of rotatable bonds is 4. The molecule has 0 saturated heterocycles. The van der Waals surface area contributed by atoms with E-state index in [2.05, 4.69) is 10.2 Å². The lowest BCUT2D eigenvalue weighted by molar-refractivity contribution is 0.0958. The molecule has 114 valence electrons. The number of nitrogens with two attached hydrogens (primary N) is 1. The maximum atomic E-state index is 11.0. The van der Waals surface area contributed by atoms with Crippen molar-refractivity contribution in [2.75, 3.05) is 25.1 Å². The molecule has 1 aromatic carbocycles. The van der Waals surface area contributed by atoms with E-state index in [9.17, 15) is 4.79 Å². The smallest absolute Gasteiger partial charge is 0.269 e. The first-order valence-corrected chi connectivity index (χ1v) is 6.86. The van der Waals surface area contributed by atoms with Crippen LogP contribution in [0.4, 0.5) is 5.82 Å². The van der Waals surface area contributed by atoms with E-state index in [4.69, 9.17) is 15.2 Å². The van der Waals surface area contributed by atoms with Gasteiger partial charge in [0.2, 0.25) is 0 Å². The largest absolute Gasteiger partial charge is 0.486 e. The Bertz CT molecular complexity index is 675. The number of primary amides is 1. The van der Waals surface area contributed by atoms with Crippen LogP contribution in [0, 0.1) is 0 Å². The van der Waals surface area contributed by atoms with Crippen molar-refractivity contribution >= 4 is 11.7 Å². The number of carbonyl (C=O) groups excluding carboxylic acids is 1. The van der Waals surface area contributed by atoms with Crippen LogP contribution >= 0.6 is 0 Å². The fourth-order valence-corrected chi connectivity index (χ4v) is 2.21. The Morgan fingerprint density at radius 3 is 2.73 bits per heavy atom. The number of ether oxygens (including phenoxy) is 2. The van der Waals surface area contributed by atoms with Crippen LogP contribution in [0.15, 0.2) is 36.4 Å². The molecule has 0 radical (unpaired) electrons. The Hall–Kier alpha value is -2.83. The lowest BCUT2D eigenvalue weighted by atomic mass is 10.2. The van der Waals surface area contributed by atoms with E-state index in [0.717, 1.165) is 11.5 Å². The molecule has 0 fully saturated rings. The van der Waals surface area contributed by atoms with Crippen molar-refractivity contribution in [1.29, 1.82) is 0 Å². The number of hydrogen-bond donors (Lipinski definition) is 1. The van der Waals surface area contributed by atoms with Crippen LogP contribution in [0.3, 0.4) is 0 Å². The van der Waals surface area contributed by atoms with E-state index in [-0.39, 0.29) is 11.8 Å². The normalized spacial score (nSPS) is 16.1. The minimum absolute atomic E-state index is 0.113. The highest BCUT2D eigenvalue weighted by atomic mass is 16.6. The van der Waals surface area contributed by atoms with Gasteiger partial charge in [-0.3, -0.25) is 4.79 Å². The molecule has 1 amide bonds. The van der Waals surface area contributed by atoms with Crippen LogP contribution in [-0.4, -0.2) is 42.4 Å². The van der Waals surface area contributed by atoms with Gasteiger partial charge in [-0.1, -0.05) is 12.1 Å². The summed E-state index contributed by atoms with van der Waals surface area (Å²) in [7, 11) is 1.87. The summed E-state index contributed by atoms with van der Waals surface area (Å²) >= 11 is 0. The van der Waals surface area contributed by atoms with Gasteiger partial charge in [-0.05, 0) is 24.3 Å². The Morgan fingerprint density at radius 2 is 2.05 bits per heavy atom. The molecule has 0 saturated carbocycles. The lowest BCUT2D eigenvalue weighted by Crippen LogP contribution is -2.39. The molecule has 1 atom stereocenters. The first-order valence-electron chi connectivity index (χ1n) is 6.86. The summed E-state index contributed by atoms with van der Waals surface area (Å²) in [6, 6.07) is 10.8. The minimum Gasteiger partial charge on any atom is -0.486 e. The monoisotopic (exact) mass is 300 g/mol. The second-order valence-electron chi connectivity index (χ2n) is 5.02. The zero-order valence-corrected chi connectivity index (χ0v) is 12.1. The van der Waals surface area contributed by atoms with Crippen LogP contribution in [0.1, 0.15) is 10.5 Å². The number of hydrogen-bond acceptors (Lipinski definition) is 6. The van der Waals surface area contributed by atoms with Gasteiger partial charge in [0.25, 0.3) is 5.91 Å². The van der Waals surface area contributed by atoms with Gasteiger partial charge in [0, 0.05) is 7.05 Å². The van der Waals surface area contributed by atoms with Gasteiger partial charge in [0.05, 0.1) is 6.54 Å². The van der Waals surface area contributed by atoms with Crippen molar-refractivity contribution in [3.63, 3.8) is 0 Å². The maximum absolute atomic E-state index is 11.0. The van der Waals surface area contributed by atoms with Gasteiger partial charge in [-0.2, -0.15) is 0 Å². The van der Waals surface area contributed by atoms with Crippen LogP contribution in [0.5, 0.6) is 11.5 Å². The first kappa shape index (κ1) is 14.1. The summed E-state index contributed by atoms with van der Waals surface area (Å²) in [5, 5.41) is 7.78. The predicted octanol–water partition coefficient (Wildman–Crippen LogP) is 0.852. The molecule has 3 rings (SSSR count). The molecular formula is C15H16N4O3. The van der Waals surface area contributed by atoms with Crippen molar-refractivity contribution in [3.8, 4) is 11.5 Å². The fourth-order valence-electron chi connectivity index (χ4n) is 2.21. The minimum atomic E-state index is -0.595. The Labute approximate surface area is 127 Å². The molecule has 0 bridgehead atoms. The van der Waals surface area contributed by atoms with Crippen molar-refractivity contribution < 1.29 is 14.3 Å². The van der Waals surface area contributed by atoms with Crippen molar-refractivity contribution in [3.05, 3.63) is 42.1 Å². The van der Waals surface area contributed by atoms with E-state index >= 15 is 0 Å². The number of likely N-dealkylation sites (N-methyl/N-ethyl adjacent to an activating group) is 1. The van der Waals surface area contributed by atoms with E-state index < -0.39 is 5.91 Å². The third-order valence-corrected chi connectivity index (χ3v) is 3.34. The maximum Gasteiger partial charge on any atom is 0.269 e. The Kier molecular flexibility index (Phi) is 3.78. The molecule has 2 N–H and O–H groups in total. The van der Waals surface area contributed by atoms with E-state index in [1.807, 2.05) is 36.2 Å². The number of anilines is 1. The van der Waals surface area contributed by atoms with Crippen LogP contribution in [-0.2, 0) is 0 Å². The third-order valence-electron chi connectivity index (χ3n) is 3.34. The fraction of sp³-hybridized carbons (Fsp3) is 0.267. The quantitative estimate of drug-likeness (QED) is 0.900. The summed E-state index contributed by atoms with van der Waals surface area (Å²) in [5.74, 6) is 1.53. The lowest BCUT2D eigenvalue weighted by Gasteiger charge is -2.29. The average Bonchev–Trinajstić information content (AvgIpc) is 2.55. The summed E-state index contributed by atoms with van der Waals surface area (Å²) < 4.78 is 11.6. The molecule has 1 unspecified atom stereocenters. The van der Waals surface area contributed by atoms with Crippen LogP contribution in [0.25, 0.3) is 0 Å². The summed E-state index contributed by atoms with van der Waals surface area (Å²) in [5.41, 5.74) is 5.28. The van der Waals surface area contributed by atoms with Crippen LogP contribution in [0.2, 0.25) is 0 Å². The summed E-state index contributed by atoms with van der Waals surface area (Å²) in [6.45, 7) is 1.05. The second kappa shape index (κ2) is 5.88. The highest BCUT2D eigenvalue weighted by molar-refractivity contribution is 5.90. The standard InChI is InChI=1S/C15H16N4O3/c1-19(14-7-6-11(15(16)20)17-18-14)8-10-9-21-12-4-2-3-5-13(12)22-10/h2-7,10H,8-9H2,1H3,(H2,16,20). The van der Waals surface area contributed by atoms with Crippen molar-refractivity contribution in [2.24, 2.45) is 5.73 Å². The topological polar surface area (TPSA) is 90.6 Å². The van der Waals surface area contributed by atoms with Crippen LogP contribution < -0.4 is 20.1 Å². The SMILES string of the molecule is CN(CC1COc2ccccc2O1)c1ccc(C(N)=O)nn1. The predicted molar refractivity (Wildman–Crippen MR) is 80.2 cm³/mol. The Balaban J connectivity index is 1.65. The number of nitrogens with zero attached hydrogens (tertiary/aromatic N) is 3. The van der Waals surface area contributed by atoms with Gasteiger partial charge in [-0.25, -0.2) is 0 Å². The molecule has 7 nitrogen and oxygen atoms in total. The molecule has 2 heterocycles.